The first-order valence-electron chi connectivity index (χ1n) is 28.1. The van der Waals surface area contributed by atoms with Gasteiger partial charge in [-0.15, -0.1) is 68.0 Å². The molecule has 6 aromatic rings. The summed E-state index contributed by atoms with van der Waals surface area (Å²) in [5.41, 5.74) is 0. The zero-order valence-corrected chi connectivity index (χ0v) is 57.9. The highest BCUT2D eigenvalue weighted by Crippen LogP contribution is 2.53. The maximum absolute atomic E-state index is 14.0. The minimum absolute atomic E-state index is 0.0147. The van der Waals surface area contributed by atoms with Gasteiger partial charge in [0, 0.05) is 29.3 Å². The largest absolute Gasteiger partial charge is 0.224 e. The fourth-order valence-corrected chi connectivity index (χ4v) is 26.7. The standard InChI is InChI=1S/C30H44O4S5.C28H38Br2O4S5/c1-5-7-9-11-13-15-21-38(31,32)29-27(25-19-17-23(3)35-25)37-28(26-20-18-24(4)36-26)30(29)39(33,34)22-16-14-12-10-8-6-2;1-3-5-7-9-11-13-19-38(31,32)27-25(21-15-17-23(29)35-21)37-26(22-16-18-24(30)36-22)28(27)39(33,34)20-14-12-10-8-6-4-2/h17-20H,5-16,21-22H2,1-4H3;15-18H,3-14,19-20H2,1-2H3. The van der Waals surface area contributed by atoms with Crippen LogP contribution in [0.25, 0.3) is 39.0 Å². The smallest absolute Gasteiger partial charge is 0.181 e. The minimum atomic E-state index is -3.84. The van der Waals surface area contributed by atoms with Crippen LogP contribution in [0.2, 0.25) is 0 Å². The van der Waals surface area contributed by atoms with Gasteiger partial charge in [-0.2, -0.15) is 0 Å². The Morgan fingerprint density at radius 2 is 0.513 bits per heavy atom. The number of hydrogen-bond acceptors (Lipinski definition) is 14. The first-order chi connectivity index (χ1) is 37.2. The van der Waals surface area contributed by atoms with E-state index in [0.717, 1.165) is 165 Å². The lowest BCUT2D eigenvalue weighted by Crippen LogP contribution is -2.15. The quantitative estimate of drug-likeness (QED) is 0.0355. The Hall–Kier alpha value is -1.04. The van der Waals surface area contributed by atoms with Crippen LogP contribution in [-0.4, -0.2) is 56.7 Å². The summed E-state index contributed by atoms with van der Waals surface area (Å²) in [5, 5.41) is 0. The highest BCUT2D eigenvalue weighted by Gasteiger charge is 2.38. The van der Waals surface area contributed by atoms with Crippen LogP contribution in [0.4, 0.5) is 0 Å². The summed E-state index contributed by atoms with van der Waals surface area (Å²) in [4.78, 5) is 7.72. The molecule has 6 aromatic heterocycles. The van der Waals surface area contributed by atoms with Crippen molar-refractivity contribution in [2.45, 2.75) is 215 Å². The van der Waals surface area contributed by atoms with E-state index in [0.29, 0.717) is 45.2 Å². The molecule has 0 spiro atoms. The van der Waals surface area contributed by atoms with Gasteiger partial charge in [0.1, 0.15) is 19.6 Å². The van der Waals surface area contributed by atoms with Crippen molar-refractivity contribution in [1.29, 1.82) is 0 Å². The molecule has 78 heavy (non-hydrogen) atoms. The number of halogens is 2. The van der Waals surface area contributed by atoms with Gasteiger partial charge in [0.2, 0.25) is 0 Å². The molecular formula is C58H82Br2O8S10. The van der Waals surface area contributed by atoms with Crippen molar-refractivity contribution in [1.82, 2.24) is 0 Å². The SMILES string of the molecule is CCCCCCCCS(=O)(=O)c1c(-c2ccc(Br)s2)sc(-c2ccc(Br)s2)c1S(=O)(=O)CCCCCCCC.CCCCCCCCS(=O)(=O)c1c(-c2ccc(C)s2)sc(-c2ccc(C)s2)c1S(=O)(=O)CCCCCCCC. The molecule has 0 radical (unpaired) electrons. The van der Waals surface area contributed by atoms with Crippen molar-refractivity contribution in [2.75, 3.05) is 23.0 Å². The molecule has 8 nitrogen and oxygen atoms in total. The molecule has 0 atom stereocenters. The third-order valence-electron chi connectivity index (χ3n) is 13.5. The average Bonchev–Trinajstić information content (AvgIpc) is 4.34. The van der Waals surface area contributed by atoms with Gasteiger partial charge in [-0.1, -0.05) is 156 Å². The summed E-state index contributed by atoms with van der Waals surface area (Å²) in [6, 6.07) is 15.3. The van der Waals surface area contributed by atoms with Gasteiger partial charge >= 0.3 is 0 Å². The Labute approximate surface area is 510 Å². The van der Waals surface area contributed by atoms with E-state index in [9.17, 15) is 33.7 Å². The van der Waals surface area contributed by atoms with Crippen LogP contribution in [0.5, 0.6) is 0 Å². The van der Waals surface area contributed by atoms with Crippen molar-refractivity contribution < 1.29 is 33.7 Å². The average molecular weight is 1390 g/mol. The van der Waals surface area contributed by atoms with Gasteiger partial charge in [-0.05, 0) is 120 Å². The van der Waals surface area contributed by atoms with Gasteiger partial charge in [0.15, 0.2) is 39.3 Å². The lowest BCUT2D eigenvalue weighted by atomic mass is 10.1. The molecule has 0 bridgehead atoms. The van der Waals surface area contributed by atoms with Gasteiger partial charge in [0.25, 0.3) is 0 Å². The maximum atomic E-state index is 14.0. The van der Waals surface area contributed by atoms with Gasteiger partial charge in [-0.25, -0.2) is 33.7 Å². The van der Waals surface area contributed by atoms with Crippen LogP contribution in [0.3, 0.4) is 0 Å². The van der Waals surface area contributed by atoms with Gasteiger partial charge in [-0.3, -0.25) is 0 Å². The van der Waals surface area contributed by atoms with E-state index in [1.807, 2.05) is 62.4 Å². The van der Waals surface area contributed by atoms with Crippen LogP contribution < -0.4 is 0 Å². The molecule has 0 aliphatic carbocycles. The van der Waals surface area contributed by atoms with E-state index in [1.165, 1.54) is 68.0 Å². The first kappa shape index (κ1) is 67.7. The second-order valence-electron chi connectivity index (χ2n) is 20.2. The Morgan fingerprint density at radius 1 is 0.295 bits per heavy atom. The number of unbranched alkanes of at least 4 members (excludes halogenated alkanes) is 20. The van der Waals surface area contributed by atoms with E-state index in [4.69, 9.17) is 0 Å². The highest BCUT2D eigenvalue weighted by molar-refractivity contribution is 9.11. The van der Waals surface area contributed by atoms with E-state index >= 15 is 0 Å². The number of thiophene rings is 6. The Balaban J connectivity index is 0.000000287. The minimum Gasteiger partial charge on any atom is -0.224 e. The van der Waals surface area contributed by atoms with Crippen molar-refractivity contribution in [3.05, 3.63) is 65.9 Å². The van der Waals surface area contributed by atoms with Crippen LogP contribution >= 0.6 is 99.9 Å². The van der Waals surface area contributed by atoms with E-state index in [1.54, 1.807) is 0 Å². The van der Waals surface area contributed by atoms with Gasteiger partial charge < -0.3 is 0 Å². The molecule has 0 unspecified atom stereocenters. The third-order valence-corrected chi connectivity index (χ3v) is 30.0. The number of hydrogen-bond donors (Lipinski definition) is 0. The molecule has 6 rings (SSSR count). The fourth-order valence-electron chi connectivity index (χ4n) is 9.26. The predicted octanol–water partition coefficient (Wildman–Crippen LogP) is 21.1. The molecule has 0 aliphatic heterocycles. The zero-order chi connectivity index (χ0) is 56.9. The molecule has 0 saturated carbocycles. The lowest BCUT2D eigenvalue weighted by Gasteiger charge is -2.11. The summed E-state index contributed by atoms with van der Waals surface area (Å²) < 4.78 is 114. The molecule has 436 valence electrons. The van der Waals surface area contributed by atoms with Crippen molar-refractivity contribution in [3.8, 4) is 39.0 Å². The topological polar surface area (TPSA) is 137 Å². The number of aryl methyl sites for hydroxylation is 2. The summed E-state index contributed by atoms with van der Waals surface area (Å²) in [6.07, 6.45) is 23.1. The fraction of sp³-hybridized carbons (Fsp3) is 0.586. The molecule has 0 aliphatic rings. The van der Waals surface area contributed by atoms with Crippen molar-refractivity contribution >= 4 is 139 Å². The monoisotopic (exact) mass is 1380 g/mol. The number of sulfone groups is 4. The second-order valence-corrected chi connectivity index (χ2v) is 37.9. The Kier molecular flexibility index (Phi) is 29.1. The number of rotatable bonds is 36. The second kappa shape index (κ2) is 33.4. The van der Waals surface area contributed by atoms with E-state index in [-0.39, 0.29) is 42.6 Å². The molecular weight excluding hydrogens is 1310 g/mol. The molecule has 0 aromatic carbocycles. The van der Waals surface area contributed by atoms with Crippen molar-refractivity contribution in [2.24, 2.45) is 0 Å². The first-order valence-corrected chi connectivity index (χ1v) is 41.2. The van der Waals surface area contributed by atoms with E-state index < -0.39 is 39.3 Å². The summed E-state index contributed by atoms with van der Waals surface area (Å²) in [7, 11) is -15.3. The van der Waals surface area contributed by atoms with Crippen LogP contribution in [0.15, 0.2) is 75.7 Å². The van der Waals surface area contributed by atoms with Crippen molar-refractivity contribution in [3.63, 3.8) is 0 Å². The van der Waals surface area contributed by atoms with E-state index in [2.05, 4.69) is 59.6 Å². The highest BCUT2D eigenvalue weighted by atomic mass is 79.9. The summed E-state index contributed by atoms with van der Waals surface area (Å²) in [6.45, 7) is 12.6. The lowest BCUT2D eigenvalue weighted by molar-refractivity contribution is 0.573. The van der Waals surface area contributed by atoms with Crippen LogP contribution in [0.1, 0.15) is 192 Å². The summed E-state index contributed by atoms with van der Waals surface area (Å²) in [5.74, 6) is -0.115. The maximum Gasteiger partial charge on any atom is 0.181 e. The summed E-state index contributed by atoms with van der Waals surface area (Å²) >= 11 is 15.5. The predicted molar refractivity (Wildman–Crippen MR) is 348 cm³/mol. The molecule has 0 N–H and O–H groups in total. The van der Waals surface area contributed by atoms with Crippen LogP contribution in [0, 0.1) is 13.8 Å². The molecule has 20 heteroatoms. The molecule has 0 amide bonds. The zero-order valence-electron chi connectivity index (χ0n) is 46.5. The van der Waals surface area contributed by atoms with Gasteiger partial charge in [0.05, 0.1) is 50.1 Å². The molecule has 0 fully saturated rings. The normalized spacial score (nSPS) is 12.4. The Bertz CT molecular complexity index is 2800. The molecule has 0 saturated heterocycles. The molecule has 6 heterocycles. The third kappa shape index (κ3) is 20.1. The van der Waals surface area contributed by atoms with Crippen LogP contribution in [-0.2, 0) is 39.3 Å². The Morgan fingerprint density at radius 3 is 0.718 bits per heavy atom.